The molecule has 1 aromatic carbocycles. The number of hydrogen-bond acceptors (Lipinski definition) is 2. The number of carbonyl (C=O) groups is 2. The Balaban J connectivity index is 1.71. The zero-order chi connectivity index (χ0) is 16.1. The minimum Gasteiger partial charge on any atom is -0.481 e. The maximum Gasteiger partial charge on any atom is 0.303 e. The quantitative estimate of drug-likeness (QED) is 0.720. The van der Waals surface area contributed by atoms with Gasteiger partial charge < -0.3 is 10.4 Å². The van der Waals surface area contributed by atoms with E-state index >= 15 is 0 Å². The van der Waals surface area contributed by atoms with E-state index in [1.165, 1.54) is 6.07 Å². The molecule has 1 aliphatic carbocycles. The van der Waals surface area contributed by atoms with Gasteiger partial charge in [0, 0.05) is 35.4 Å². The van der Waals surface area contributed by atoms with Crippen LogP contribution < -0.4 is 5.32 Å². The Morgan fingerprint density at radius 2 is 2.09 bits per heavy atom. The van der Waals surface area contributed by atoms with E-state index in [2.05, 4.69) is 5.32 Å². The van der Waals surface area contributed by atoms with E-state index < -0.39 is 5.97 Å². The second-order valence-corrected chi connectivity index (χ2v) is 5.99. The number of aliphatic carboxylic acids is 1. The van der Waals surface area contributed by atoms with Crippen LogP contribution in [0.4, 0.5) is 4.39 Å². The van der Waals surface area contributed by atoms with Gasteiger partial charge >= 0.3 is 5.97 Å². The lowest BCUT2D eigenvalue weighted by Gasteiger charge is -2.06. The van der Waals surface area contributed by atoms with E-state index in [9.17, 15) is 14.0 Å². The number of nitrogens with one attached hydrogen (secondary N) is 1. The summed E-state index contributed by atoms with van der Waals surface area (Å²) in [6, 6.07) is 4.54. The van der Waals surface area contributed by atoms with Gasteiger partial charge in [0.15, 0.2) is 0 Å². The van der Waals surface area contributed by atoms with Gasteiger partial charge in [0.2, 0.25) is 5.91 Å². The summed E-state index contributed by atoms with van der Waals surface area (Å²) in [6.07, 6.45) is 2.90. The molecule has 1 amide bonds. The third kappa shape index (κ3) is 4.44. The van der Waals surface area contributed by atoms with E-state index in [1.807, 2.05) is 0 Å². The van der Waals surface area contributed by atoms with E-state index in [-0.39, 0.29) is 30.0 Å². The van der Waals surface area contributed by atoms with Crippen molar-refractivity contribution in [1.29, 1.82) is 0 Å². The van der Waals surface area contributed by atoms with Crippen molar-refractivity contribution in [1.82, 2.24) is 5.32 Å². The molecule has 0 spiro atoms. The first kappa shape index (κ1) is 16.7. The first-order valence-corrected chi connectivity index (χ1v) is 7.82. The molecular formula is C16H19ClFNO3. The second kappa shape index (κ2) is 7.58. The highest BCUT2D eigenvalue weighted by Gasteiger charge is 2.45. The molecule has 2 rings (SSSR count). The predicted molar refractivity (Wildman–Crippen MR) is 81.4 cm³/mol. The van der Waals surface area contributed by atoms with Crippen LogP contribution in [0.15, 0.2) is 18.2 Å². The van der Waals surface area contributed by atoms with Gasteiger partial charge in [-0.25, -0.2) is 4.39 Å². The lowest BCUT2D eigenvalue weighted by Crippen LogP contribution is -2.26. The van der Waals surface area contributed by atoms with Gasteiger partial charge in [0.05, 0.1) is 0 Å². The van der Waals surface area contributed by atoms with Crippen molar-refractivity contribution in [2.45, 2.75) is 38.0 Å². The second-order valence-electron chi connectivity index (χ2n) is 5.58. The molecule has 22 heavy (non-hydrogen) atoms. The number of halogens is 2. The van der Waals surface area contributed by atoms with Crippen LogP contribution in [-0.2, 0) is 9.59 Å². The molecule has 1 saturated carbocycles. The lowest BCUT2D eigenvalue weighted by atomic mass is 10.1. The minimum absolute atomic E-state index is 0.0810. The zero-order valence-corrected chi connectivity index (χ0v) is 12.9. The van der Waals surface area contributed by atoms with Crippen molar-refractivity contribution in [2.24, 2.45) is 5.92 Å². The standard InChI is InChI=1S/C16H19ClFNO3/c17-12-5-4-6-13(18)15(12)10-9-11(10)16(22)19-8-3-1-2-7-14(20)21/h4-6,10-11H,1-3,7-9H2,(H,19,22)(H,20,21). The van der Waals surface area contributed by atoms with Crippen LogP contribution in [0.25, 0.3) is 0 Å². The van der Waals surface area contributed by atoms with Crippen molar-refractivity contribution in [3.8, 4) is 0 Å². The van der Waals surface area contributed by atoms with Crippen molar-refractivity contribution < 1.29 is 19.1 Å². The number of carboxylic acid groups (broad SMARTS) is 1. The molecule has 120 valence electrons. The average molecular weight is 328 g/mol. The van der Waals surface area contributed by atoms with Crippen LogP contribution in [-0.4, -0.2) is 23.5 Å². The highest BCUT2D eigenvalue weighted by molar-refractivity contribution is 6.31. The number of carboxylic acids is 1. The first-order valence-electron chi connectivity index (χ1n) is 7.44. The summed E-state index contributed by atoms with van der Waals surface area (Å²) >= 11 is 6.00. The Labute approximate surface area is 133 Å². The average Bonchev–Trinajstić information content (AvgIpc) is 3.22. The number of unbranched alkanes of at least 4 members (excludes halogenated alkanes) is 2. The highest BCUT2D eigenvalue weighted by Crippen LogP contribution is 2.50. The molecule has 0 radical (unpaired) electrons. The van der Waals surface area contributed by atoms with E-state index in [1.54, 1.807) is 12.1 Å². The summed E-state index contributed by atoms with van der Waals surface area (Å²) in [5.74, 6) is -1.59. The van der Waals surface area contributed by atoms with Gasteiger partial charge in [-0.2, -0.15) is 0 Å². The van der Waals surface area contributed by atoms with Gasteiger partial charge in [-0.1, -0.05) is 24.1 Å². The topological polar surface area (TPSA) is 66.4 Å². The molecule has 2 N–H and O–H groups in total. The predicted octanol–water partition coefficient (Wildman–Crippen LogP) is 3.34. The fourth-order valence-corrected chi connectivity index (χ4v) is 2.89. The van der Waals surface area contributed by atoms with Crippen molar-refractivity contribution in [3.05, 3.63) is 34.6 Å². The number of benzene rings is 1. The first-order chi connectivity index (χ1) is 10.5. The number of rotatable bonds is 8. The van der Waals surface area contributed by atoms with Crippen molar-refractivity contribution in [3.63, 3.8) is 0 Å². The lowest BCUT2D eigenvalue weighted by molar-refractivity contribution is -0.137. The molecule has 2 atom stereocenters. The van der Waals surface area contributed by atoms with Crippen LogP contribution in [0.2, 0.25) is 5.02 Å². The maximum absolute atomic E-state index is 13.8. The molecule has 4 nitrogen and oxygen atoms in total. The number of hydrogen-bond donors (Lipinski definition) is 2. The van der Waals surface area contributed by atoms with Crippen molar-refractivity contribution >= 4 is 23.5 Å². The molecule has 0 aromatic heterocycles. The van der Waals surface area contributed by atoms with Gasteiger partial charge in [0.1, 0.15) is 5.82 Å². The van der Waals surface area contributed by atoms with Gasteiger partial charge in [-0.15, -0.1) is 0 Å². The Morgan fingerprint density at radius 3 is 2.77 bits per heavy atom. The molecule has 0 bridgehead atoms. The molecule has 0 heterocycles. The third-order valence-corrected chi connectivity index (χ3v) is 4.19. The van der Waals surface area contributed by atoms with Crippen LogP contribution in [0.5, 0.6) is 0 Å². The highest BCUT2D eigenvalue weighted by atomic mass is 35.5. The smallest absolute Gasteiger partial charge is 0.303 e. The summed E-state index contributed by atoms with van der Waals surface area (Å²) < 4.78 is 13.8. The fraction of sp³-hybridized carbons (Fsp3) is 0.500. The van der Waals surface area contributed by atoms with Crippen LogP contribution >= 0.6 is 11.6 Å². The van der Waals surface area contributed by atoms with Crippen LogP contribution in [0.3, 0.4) is 0 Å². The molecule has 1 aromatic rings. The Bertz CT molecular complexity index is 544. The van der Waals surface area contributed by atoms with Gasteiger partial charge in [-0.3, -0.25) is 9.59 Å². The summed E-state index contributed by atoms with van der Waals surface area (Å²) in [6.45, 7) is 0.521. The van der Waals surface area contributed by atoms with E-state index in [0.717, 1.165) is 12.8 Å². The largest absolute Gasteiger partial charge is 0.481 e. The van der Waals surface area contributed by atoms with Crippen LogP contribution in [0.1, 0.15) is 43.6 Å². The molecule has 0 saturated heterocycles. The van der Waals surface area contributed by atoms with E-state index in [4.69, 9.17) is 16.7 Å². The van der Waals surface area contributed by atoms with Gasteiger partial charge in [0.25, 0.3) is 0 Å². The molecule has 1 fully saturated rings. The molecule has 2 unspecified atom stereocenters. The van der Waals surface area contributed by atoms with Crippen LogP contribution in [0, 0.1) is 11.7 Å². The molecular weight excluding hydrogens is 309 g/mol. The number of carbonyl (C=O) groups excluding carboxylic acids is 1. The summed E-state index contributed by atoms with van der Waals surface area (Å²) in [4.78, 5) is 22.3. The SMILES string of the molecule is O=C(O)CCCCCNC(=O)C1CC1c1c(F)cccc1Cl. The number of amides is 1. The minimum atomic E-state index is -0.799. The Kier molecular flexibility index (Phi) is 5.77. The normalized spacial score (nSPS) is 19.7. The fourth-order valence-electron chi connectivity index (χ4n) is 2.59. The summed E-state index contributed by atoms with van der Waals surface area (Å²) in [7, 11) is 0. The molecule has 1 aliphatic rings. The maximum atomic E-state index is 13.8. The zero-order valence-electron chi connectivity index (χ0n) is 12.1. The third-order valence-electron chi connectivity index (χ3n) is 3.86. The van der Waals surface area contributed by atoms with Gasteiger partial charge in [-0.05, 0) is 31.4 Å². The Morgan fingerprint density at radius 1 is 1.32 bits per heavy atom. The monoisotopic (exact) mass is 327 g/mol. The van der Waals surface area contributed by atoms with Crippen molar-refractivity contribution in [2.75, 3.05) is 6.54 Å². The summed E-state index contributed by atoms with van der Waals surface area (Å²) in [5.41, 5.74) is 0.436. The summed E-state index contributed by atoms with van der Waals surface area (Å²) in [5, 5.41) is 11.7. The van der Waals surface area contributed by atoms with E-state index in [0.29, 0.717) is 30.0 Å². The molecule has 0 aliphatic heterocycles. The molecule has 6 heteroatoms. The Hall–Kier alpha value is -1.62.